The first-order valence-corrected chi connectivity index (χ1v) is 3.49. The van der Waals surface area contributed by atoms with E-state index in [1.165, 1.54) is 6.20 Å². The van der Waals surface area contributed by atoms with E-state index in [1.54, 1.807) is 4.68 Å². The summed E-state index contributed by atoms with van der Waals surface area (Å²) in [4.78, 5) is 10.4. The average molecular weight is 152 g/mol. The third-order valence-corrected chi connectivity index (χ3v) is 1.92. The van der Waals surface area contributed by atoms with Gasteiger partial charge in [0.2, 0.25) is 0 Å². The zero-order valence-corrected chi connectivity index (χ0v) is 5.90. The molecule has 2 rings (SSSR count). The highest BCUT2D eigenvalue weighted by molar-refractivity contribution is 5.76. The van der Waals surface area contributed by atoms with Crippen molar-refractivity contribution in [2.24, 2.45) is 0 Å². The van der Waals surface area contributed by atoms with Crippen LogP contribution in [0.5, 0.6) is 0 Å². The van der Waals surface area contributed by atoms with Crippen molar-refractivity contribution in [1.82, 2.24) is 9.78 Å². The second kappa shape index (κ2) is 2.17. The van der Waals surface area contributed by atoms with Crippen LogP contribution in [-0.2, 0) is 13.0 Å². The van der Waals surface area contributed by atoms with Crippen LogP contribution >= 0.6 is 0 Å². The lowest BCUT2D eigenvalue weighted by molar-refractivity contribution is 0.112. The van der Waals surface area contributed by atoms with E-state index in [1.807, 2.05) is 0 Å². The fraction of sp³-hybridized carbons (Fsp3) is 0.429. The second-order valence-electron chi connectivity index (χ2n) is 2.70. The van der Waals surface area contributed by atoms with Gasteiger partial charge < -0.3 is 5.11 Å². The van der Waals surface area contributed by atoms with Gasteiger partial charge in [-0.1, -0.05) is 0 Å². The van der Waals surface area contributed by atoms with Gasteiger partial charge in [0, 0.05) is 6.42 Å². The van der Waals surface area contributed by atoms with E-state index in [4.69, 9.17) is 0 Å². The summed E-state index contributed by atoms with van der Waals surface area (Å²) in [5.41, 5.74) is 1.45. The molecule has 58 valence electrons. The van der Waals surface area contributed by atoms with Gasteiger partial charge in [0.05, 0.1) is 30.1 Å². The third-order valence-electron chi connectivity index (χ3n) is 1.92. The fourth-order valence-electron chi connectivity index (χ4n) is 1.39. The number of aliphatic hydroxyl groups is 1. The van der Waals surface area contributed by atoms with Gasteiger partial charge in [0.1, 0.15) is 0 Å². The first-order valence-electron chi connectivity index (χ1n) is 3.49. The molecular weight excluding hydrogens is 144 g/mol. The Bertz CT molecular complexity index is 293. The van der Waals surface area contributed by atoms with E-state index >= 15 is 0 Å². The molecule has 4 nitrogen and oxygen atoms in total. The Balaban J connectivity index is 2.44. The number of carbonyl (C=O) groups excluding carboxylic acids is 1. The fourth-order valence-corrected chi connectivity index (χ4v) is 1.39. The number of nitrogens with zero attached hydrogens (tertiary/aromatic N) is 2. The first-order chi connectivity index (χ1) is 5.31. The number of aldehydes is 1. The van der Waals surface area contributed by atoms with Crippen molar-refractivity contribution < 1.29 is 9.90 Å². The number of fused-ring (bicyclic) bond motifs is 1. The molecule has 0 amide bonds. The molecule has 4 heteroatoms. The van der Waals surface area contributed by atoms with E-state index in [-0.39, 0.29) is 6.10 Å². The molecule has 2 heterocycles. The second-order valence-corrected chi connectivity index (χ2v) is 2.70. The maximum Gasteiger partial charge on any atom is 0.153 e. The Hall–Kier alpha value is -1.16. The van der Waals surface area contributed by atoms with Gasteiger partial charge in [0.15, 0.2) is 6.29 Å². The molecule has 1 aromatic rings. The number of aromatic nitrogens is 2. The van der Waals surface area contributed by atoms with Crippen LogP contribution in [0.15, 0.2) is 6.20 Å². The molecule has 0 unspecified atom stereocenters. The molecule has 11 heavy (non-hydrogen) atoms. The summed E-state index contributed by atoms with van der Waals surface area (Å²) in [7, 11) is 0. The van der Waals surface area contributed by atoms with E-state index in [2.05, 4.69) is 5.10 Å². The molecule has 1 aliphatic rings. The molecule has 0 fully saturated rings. The SMILES string of the molecule is O=Cc1cnn2c1C[C@@H](O)C2. The van der Waals surface area contributed by atoms with Crippen molar-refractivity contribution in [3.8, 4) is 0 Å². The lowest BCUT2D eigenvalue weighted by Gasteiger charge is -1.94. The third kappa shape index (κ3) is 0.867. The maximum atomic E-state index is 10.4. The monoisotopic (exact) mass is 152 g/mol. The van der Waals surface area contributed by atoms with Crippen molar-refractivity contribution in [3.63, 3.8) is 0 Å². The quantitative estimate of drug-likeness (QED) is 0.558. The minimum absolute atomic E-state index is 0.364. The smallest absolute Gasteiger partial charge is 0.153 e. The van der Waals surface area contributed by atoms with Crippen molar-refractivity contribution in [1.29, 1.82) is 0 Å². The summed E-state index contributed by atoms with van der Waals surface area (Å²) in [5.74, 6) is 0. The molecule has 0 aromatic carbocycles. The molecule has 0 radical (unpaired) electrons. The van der Waals surface area contributed by atoms with Crippen LogP contribution < -0.4 is 0 Å². The average Bonchev–Trinajstić information content (AvgIpc) is 2.45. The molecule has 0 bridgehead atoms. The Morgan fingerprint density at radius 3 is 3.36 bits per heavy atom. The minimum Gasteiger partial charge on any atom is -0.391 e. The Kier molecular flexibility index (Phi) is 1.29. The lowest BCUT2D eigenvalue weighted by atomic mass is 10.2. The molecular formula is C7H8N2O2. The molecule has 1 N–H and O–H groups in total. The number of rotatable bonds is 1. The van der Waals surface area contributed by atoms with Crippen LogP contribution in [0.25, 0.3) is 0 Å². The van der Waals surface area contributed by atoms with Crippen LogP contribution in [0.1, 0.15) is 16.1 Å². The van der Waals surface area contributed by atoms with Crippen molar-refractivity contribution in [2.75, 3.05) is 0 Å². The number of aliphatic hydroxyl groups excluding tert-OH is 1. The standard InChI is InChI=1S/C7H8N2O2/c10-4-5-2-8-9-3-6(11)1-7(5)9/h2,4,6,11H,1,3H2/t6-/m1/s1. The predicted octanol–water partition coefficient (Wildman–Crippen LogP) is -0.387. The van der Waals surface area contributed by atoms with Gasteiger partial charge in [-0.05, 0) is 0 Å². The van der Waals surface area contributed by atoms with Crippen LogP contribution in [0.3, 0.4) is 0 Å². The van der Waals surface area contributed by atoms with Gasteiger partial charge in [-0.25, -0.2) is 0 Å². The number of hydrogen-bond donors (Lipinski definition) is 1. The van der Waals surface area contributed by atoms with Crippen LogP contribution in [0.4, 0.5) is 0 Å². The van der Waals surface area contributed by atoms with Crippen molar-refractivity contribution in [3.05, 3.63) is 17.5 Å². The zero-order valence-electron chi connectivity index (χ0n) is 5.90. The van der Waals surface area contributed by atoms with Gasteiger partial charge in [0.25, 0.3) is 0 Å². The van der Waals surface area contributed by atoms with Crippen LogP contribution in [0.2, 0.25) is 0 Å². The highest BCUT2D eigenvalue weighted by atomic mass is 16.3. The van der Waals surface area contributed by atoms with Gasteiger partial charge in [-0.15, -0.1) is 0 Å². The van der Waals surface area contributed by atoms with E-state index in [9.17, 15) is 9.90 Å². The van der Waals surface area contributed by atoms with Gasteiger partial charge in [-0.3, -0.25) is 9.48 Å². The molecule has 1 atom stereocenters. The van der Waals surface area contributed by atoms with E-state index in [0.29, 0.717) is 18.5 Å². The van der Waals surface area contributed by atoms with Crippen LogP contribution in [-0.4, -0.2) is 27.3 Å². The zero-order chi connectivity index (χ0) is 7.84. The summed E-state index contributed by atoms with van der Waals surface area (Å²) in [6, 6.07) is 0. The van der Waals surface area contributed by atoms with Crippen molar-refractivity contribution in [2.45, 2.75) is 19.1 Å². The molecule has 0 saturated carbocycles. The Morgan fingerprint density at radius 1 is 1.82 bits per heavy atom. The largest absolute Gasteiger partial charge is 0.391 e. The lowest BCUT2D eigenvalue weighted by Crippen LogP contribution is -2.07. The highest BCUT2D eigenvalue weighted by Gasteiger charge is 2.22. The summed E-state index contributed by atoms with van der Waals surface area (Å²) >= 11 is 0. The highest BCUT2D eigenvalue weighted by Crippen LogP contribution is 2.16. The Morgan fingerprint density at radius 2 is 2.64 bits per heavy atom. The summed E-state index contributed by atoms with van der Waals surface area (Å²) in [6.45, 7) is 0.517. The molecule has 0 saturated heterocycles. The predicted molar refractivity (Wildman–Crippen MR) is 37.3 cm³/mol. The molecule has 0 spiro atoms. The topological polar surface area (TPSA) is 55.1 Å². The molecule has 1 aromatic heterocycles. The van der Waals surface area contributed by atoms with Gasteiger partial charge >= 0.3 is 0 Å². The number of hydrogen-bond acceptors (Lipinski definition) is 3. The molecule has 0 aliphatic carbocycles. The van der Waals surface area contributed by atoms with Crippen LogP contribution in [0, 0.1) is 0 Å². The summed E-state index contributed by atoms with van der Waals surface area (Å²) in [5, 5.41) is 13.1. The van der Waals surface area contributed by atoms with Crippen molar-refractivity contribution >= 4 is 6.29 Å². The van der Waals surface area contributed by atoms with E-state index in [0.717, 1.165) is 12.0 Å². The first kappa shape index (κ1) is 6.54. The Labute approximate surface area is 63.4 Å². The maximum absolute atomic E-state index is 10.4. The summed E-state index contributed by atoms with van der Waals surface area (Å²) in [6.07, 6.45) is 2.50. The van der Waals surface area contributed by atoms with Gasteiger partial charge in [-0.2, -0.15) is 5.10 Å². The molecule has 1 aliphatic heterocycles. The summed E-state index contributed by atoms with van der Waals surface area (Å²) < 4.78 is 1.67. The number of carbonyl (C=O) groups is 1. The minimum atomic E-state index is -0.364. The van der Waals surface area contributed by atoms with E-state index < -0.39 is 0 Å². The normalized spacial score (nSPS) is 21.7.